The molecule has 1 aliphatic heterocycles. The van der Waals surface area contributed by atoms with Gasteiger partial charge in [-0.2, -0.15) is 4.98 Å². The lowest BCUT2D eigenvalue weighted by atomic mass is 10.1. The summed E-state index contributed by atoms with van der Waals surface area (Å²) in [4.78, 5) is 40.0. The molecule has 0 bridgehead atoms. The minimum Gasteiger partial charge on any atom is -0.369 e. The quantitative estimate of drug-likeness (QED) is 0.783. The first-order chi connectivity index (χ1) is 10.1. The van der Waals surface area contributed by atoms with Crippen molar-refractivity contribution in [3.63, 3.8) is 0 Å². The van der Waals surface area contributed by atoms with Gasteiger partial charge in [0.05, 0.1) is 17.5 Å². The molecule has 3 rings (SSSR count). The van der Waals surface area contributed by atoms with Crippen LogP contribution < -0.4 is 5.73 Å². The molecule has 0 saturated carbocycles. The maximum absolute atomic E-state index is 12.1. The van der Waals surface area contributed by atoms with Crippen LogP contribution in [-0.2, 0) is 17.8 Å². The minimum absolute atomic E-state index is 0.0701. The van der Waals surface area contributed by atoms with E-state index in [0.717, 1.165) is 4.90 Å². The molecule has 1 aromatic carbocycles. The number of nitrogens with zero attached hydrogens (tertiary/aromatic N) is 3. The molecule has 0 saturated heterocycles. The number of fused-ring (bicyclic) bond motifs is 1. The molecular formula is C13H10N4O4. The van der Waals surface area contributed by atoms with Crippen molar-refractivity contribution in [2.75, 3.05) is 0 Å². The Bertz CT molecular complexity index is 717. The summed E-state index contributed by atoms with van der Waals surface area (Å²) in [5, 5.41) is 3.56. The van der Waals surface area contributed by atoms with Gasteiger partial charge in [0.25, 0.3) is 11.8 Å². The predicted molar refractivity (Wildman–Crippen MR) is 67.8 cm³/mol. The van der Waals surface area contributed by atoms with Crippen molar-refractivity contribution in [2.24, 2.45) is 5.73 Å². The van der Waals surface area contributed by atoms with E-state index in [-0.39, 0.29) is 24.7 Å². The highest BCUT2D eigenvalue weighted by atomic mass is 16.5. The first kappa shape index (κ1) is 13.0. The highest BCUT2D eigenvalue weighted by molar-refractivity contribution is 6.21. The van der Waals surface area contributed by atoms with E-state index >= 15 is 0 Å². The summed E-state index contributed by atoms with van der Waals surface area (Å²) in [6, 6.07) is 6.54. The van der Waals surface area contributed by atoms with Gasteiger partial charge in [-0.15, -0.1) is 0 Å². The Morgan fingerprint density at radius 1 is 1.19 bits per heavy atom. The van der Waals surface area contributed by atoms with Crippen LogP contribution in [0.15, 0.2) is 28.8 Å². The third kappa shape index (κ3) is 2.27. The molecule has 0 aliphatic carbocycles. The number of aromatic nitrogens is 2. The molecular weight excluding hydrogens is 276 g/mol. The Labute approximate surface area is 118 Å². The molecule has 8 nitrogen and oxygen atoms in total. The summed E-state index contributed by atoms with van der Waals surface area (Å²) in [6.45, 7) is -0.141. The monoisotopic (exact) mass is 286 g/mol. The van der Waals surface area contributed by atoms with E-state index in [1.165, 1.54) is 0 Å². The van der Waals surface area contributed by atoms with E-state index in [1.54, 1.807) is 24.3 Å². The summed E-state index contributed by atoms with van der Waals surface area (Å²) in [5.41, 5.74) is 5.71. The minimum atomic E-state index is -0.594. The van der Waals surface area contributed by atoms with Gasteiger partial charge in [0.15, 0.2) is 5.82 Å². The number of hydrogen-bond acceptors (Lipinski definition) is 6. The molecule has 8 heteroatoms. The van der Waals surface area contributed by atoms with Gasteiger partial charge in [-0.3, -0.25) is 19.3 Å². The molecule has 1 aliphatic rings. The predicted octanol–water partition coefficient (Wildman–Crippen LogP) is -0.106. The van der Waals surface area contributed by atoms with Crippen molar-refractivity contribution >= 4 is 17.7 Å². The summed E-state index contributed by atoms with van der Waals surface area (Å²) < 4.78 is 4.91. The summed E-state index contributed by atoms with van der Waals surface area (Å²) in [7, 11) is 0. The second kappa shape index (κ2) is 4.82. The Kier molecular flexibility index (Phi) is 2.98. The Hall–Kier alpha value is -3.03. The zero-order chi connectivity index (χ0) is 15.0. The fourth-order valence-electron chi connectivity index (χ4n) is 2.10. The maximum Gasteiger partial charge on any atom is 0.262 e. The van der Waals surface area contributed by atoms with Gasteiger partial charge in [-0.05, 0) is 12.1 Å². The molecule has 2 N–H and O–H groups in total. The first-order valence-electron chi connectivity index (χ1n) is 6.11. The zero-order valence-corrected chi connectivity index (χ0v) is 10.8. The lowest BCUT2D eigenvalue weighted by Gasteiger charge is -2.09. The molecule has 0 unspecified atom stereocenters. The SMILES string of the molecule is NC(=O)Cc1noc(CN2C(=O)c3ccccc3C2=O)n1. The number of primary amides is 1. The van der Waals surface area contributed by atoms with E-state index in [2.05, 4.69) is 10.1 Å². The molecule has 2 aromatic rings. The molecule has 1 aromatic heterocycles. The number of rotatable bonds is 4. The van der Waals surface area contributed by atoms with Gasteiger partial charge >= 0.3 is 0 Å². The third-order valence-corrected chi connectivity index (χ3v) is 3.01. The van der Waals surface area contributed by atoms with Crippen molar-refractivity contribution in [3.05, 3.63) is 47.1 Å². The van der Waals surface area contributed by atoms with Gasteiger partial charge in [-0.25, -0.2) is 0 Å². The van der Waals surface area contributed by atoms with Crippen LogP contribution in [0.5, 0.6) is 0 Å². The van der Waals surface area contributed by atoms with Gasteiger partial charge in [-0.1, -0.05) is 17.3 Å². The number of carbonyl (C=O) groups excluding carboxylic acids is 3. The third-order valence-electron chi connectivity index (χ3n) is 3.01. The number of hydrogen-bond donors (Lipinski definition) is 1. The van der Waals surface area contributed by atoms with Crippen molar-refractivity contribution in [3.8, 4) is 0 Å². The first-order valence-corrected chi connectivity index (χ1v) is 6.11. The normalized spacial score (nSPS) is 13.6. The van der Waals surface area contributed by atoms with Crippen LogP contribution in [0.4, 0.5) is 0 Å². The van der Waals surface area contributed by atoms with Crippen molar-refractivity contribution < 1.29 is 18.9 Å². The van der Waals surface area contributed by atoms with Crippen LogP contribution in [-0.4, -0.2) is 32.8 Å². The standard InChI is InChI=1S/C13H10N4O4/c14-9(18)5-10-15-11(21-16-10)6-17-12(19)7-3-1-2-4-8(7)13(17)20/h1-4H,5-6H2,(H2,14,18). The zero-order valence-electron chi connectivity index (χ0n) is 10.8. The molecule has 3 amide bonds. The van der Waals surface area contributed by atoms with E-state index in [1.807, 2.05) is 0 Å². The second-order valence-electron chi connectivity index (χ2n) is 4.49. The number of nitrogens with two attached hydrogens (primary N) is 1. The Morgan fingerprint density at radius 2 is 1.81 bits per heavy atom. The molecule has 106 valence electrons. The van der Waals surface area contributed by atoms with E-state index in [0.29, 0.717) is 11.1 Å². The van der Waals surface area contributed by atoms with Gasteiger partial charge in [0, 0.05) is 0 Å². The average molecular weight is 286 g/mol. The number of carbonyl (C=O) groups is 3. The fourth-order valence-corrected chi connectivity index (χ4v) is 2.10. The number of benzene rings is 1. The van der Waals surface area contributed by atoms with E-state index < -0.39 is 17.7 Å². The molecule has 0 radical (unpaired) electrons. The van der Waals surface area contributed by atoms with Crippen LogP contribution >= 0.6 is 0 Å². The van der Waals surface area contributed by atoms with Crippen LogP contribution in [0, 0.1) is 0 Å². The molecule has 0 atom stereocenters. The lowest BCUT2D eigenvalue weighted by molar-refractivity contribution is -0.117. The van der Waals surface area contributed by atoms with Crippen LogP contribution in [0.1, 0.15) is 32.4 Å². The summed E-state index contributed by atoms with van der Waals surface area (Å²) in [5.74, 6) is -1.23. The summed E-state index contributed by atoms with van der Waals surface area (Å²) in [6.07, 6.45) is -0.161. The van der Waals surface area contributed by atoms with Crippen molar-refractivity contribution in [2.45, 2.75) is 13.0 Å². The molecule has 21 heavy (non-hydrogen) atoms. The Morgan fingerprint density at radius 3 is 2.38 bits per heavy atom. The van der Waals surface area contributed by atoms with Gasteiger partial charge < -0.3 is 10.3 Å². The highest BCUT2D eigenvalue weighted by Crippen LogP contribution is 2.23. The number of amides is 3. The number of imide groups is 1. The largest absolute Gasteiger partial charge is 0.369 e. The van der Waals surface area contributed by atoms with E-state index in [9.17, 15) is 14.4 Å². The molecule has 2 heterocycles. The molecule has 0 spiro atoms. The summed E-state index contributed by atoms with van der Waals surface area (Å²) >= 11 is 0. The van der Waals surface area contributed by atoms with Crippen LogP contribution in [0.3, 0.4) is 0 Å². The lowest BCUT2D eigenvalue weighted by Crippen LogP contribution is -2.29. The van der Waals surface area contributed by atoms with Crippen LogP contribution in [0.25, 0.3) is 0 Å². The molecule has 0 fully saturated rings. The topological polar surface area (TPSA) is 119 Å². The smallest absolute Gasteiger partial charge is 0.262 e. The van der Waals surface area contributed by atoms with Gasteiger partial charge in [0.2, 0.25) is 11.8 Å². The average Bonchev–Trinajstić information content (AvgIpc) is 2.98. The highest BCUT2D eigenvalue weighted by Gasteiger charge is 2.36. The van der Waals surface area contributed by atoms with Crippen molar-refractivity contribution in [1.82, 2.24) is 15.0 Å². The van der Waals surface area contributed by atoms with E-state index in [4.69, 9.17) is 10.3 Å². The van der Waals surface area contributed by atoms with Crippen LogP contribution in [0.2, 0.25) is 0 Å². The second-order valence-corrected chi connectivity index (χ2v) is 4.49. The Balaban J connectivity index is 1.80. The van der Waals surface area contributed by atoms with Crippen molar-refractivity contribution in [1.29, 1.82) is 0 Å². The van der Waals surface area contributed by atoms with Gasteiger partial charge in [0.1, 0.15) is 6.54 Å². The maximum atomic E-state index is 12.1. The fraction of sp³-hybridized carbons (Fsp3) is 0.154.